The topological polar surface area (TPSA) is 81.3 Å². The Kier molecular flexibility index (Phi) is 3.74. The Hall–Kier alpha value is -2.89. The molecule has 0 spiro atoms. The molecule has 0 bridgehead atoms. The van der Waals surface area contributed by atoms with Gasteiger partial charge in [0.15, 0.2) is 0 Å². The van der Waals surface area contributed by atoms with Crippen molar-refractivity contribution in [3.8, 4) is 34.5 Å². The standard InChI is InChI=1S/C16H15N3O3/c1-3-21-11-6-7-12(13(20)9-11)16-18-15(19-22-16)14-10(2)5-4-8-17-14/h4-9,20H,3H2,1-2H3. The van der Waals surface area contributed by atoms with Crippen LogP contribution in [-0.2, 0) is 0 Å². The summed E-state index contributed by atoms with van der Waals surface area (Å²) in [4.78, 5) is 8.56. The first-order chi connectivity index (χ1) is 10.7. The van der Waals surface area contributed by atoms with Gasteiger partial charge in [-0.15, -0.1) is 0 Å². The molecule has 2 aromatic heterocycles. The van der Waals surface area contributed by atoms with Crippen molar-refractivity contribution in [3.63, 3.8) is 0 Å². The van der Waals surface area contributed by atoms with Crippen LogP contribution < -0.4 is 4.74 Å². The summed E-state index contributed by atoms with van der Waals surface area (Å²) in [7, 11) is 0. The monoisotopic (exact) mass is 297 g/mol. The molecule has 2 heterocycles. The Labute approximate surface area is 127 Å². The lowest BCUT2D eigenvalue weighted by Crippen LogP contribution is -1.91. The number of benzene rings is 1. The number of ether oxygens (including phenoxy) is 1. The highest BCUT2D eigenvalue weighted by Gasteiger charge is 2.16. The van der Waals surface area contributed by atoms with Gasteiger partial charge in [0.05, 0.1) is 12.2 Å². The SMILES string of the molecule is CCOc1ccc(-c2nc(-c3ncccc3C)no2)c(O)c1. The molecule has 0 amide bonds. The average molecular weight is 297 g/mol. The second-order valence-corrected chi connectivity index (χ2v) is 4.70. The van der Waals surface area contributed by atoms with Crippen LogP contribution in [0.4, 0.5) is 0 Å². The summed E-state index contributed by atoms with van der Waals surface area (Å²) >= 11 is 0. The highest BCUT2D eigenvalue weighted by atomic mass is 16.5. The summed E-state index contributed by atoms with van der Waals surface area (Å²) in [6, 6.07) is 8.72. The van der Waals surface area contributed by atoms with Gasteiger partial charge in [-0.25, -0.2) is 0 Å². The molecule has 0 atom stereocenters. The molecule has 0 fully saturated rings. The Morgan fingerprint density at radius 3 is 2.86 bits per heavy atom. The van der Waals surface area contributed by atoms with E-state index in [9.17, 15) is 5.11 Å². The maximum atomic E-state index is 10.1. The summed E-state index contributed by atoms with van der Waals surface area (Å²) in [5.41, 5.74) is 2.06. The van der Waals surface area contributed by atoms with Crippen LogP contribution in [0.25, 0.3) is 23.0 Å². The molecular formula is C16H15N3O3. The number of phenols is 1. The molecule has 112 valence electrons. The predicted octanol–water partition coefficient (Wildman–Crippen LogP) is 3.21. The fourth-order valence-electron chi connectivity index (χ4n) is 2.10. The van der Waals surface area contributed by atoms with Crippen LogP contribution in [0.1, 0.15) is 12.5 Å². The van der Waals surface area contributed by atoms with Crippen LogP contribution in [0.5, 0.6) is 11.5 Å². The van der Waals surface area contributed by atoms with Gasteiger partial charge in [-0.05, 0) is 37.6 Å². The second-order valence-electron chi connectivity index (χ2n) is 4.70. The summed E-state index contributed by atoms with van der Waals surface area (Å²) in [6.07, 6.45) is 1.67. The van der Waals surface area contributed by atoms with Crippen molar-refractivity contribution in [1.29, 1.82) is 0 Å². The van der Waals surface area contributed by atoms with Crippen molar-refractivity contribution in [3.05, 3.63) is 42.1 Å². The van der Waals surface area contributed by atoms with Crippen LogP contribution in [0.2, 0.25) is 0 Å². The number of rotatable bonds is 4. The van der Waals surface area contributed by atoms with E-state index in [0.717, 1.165) is 5.56 Å². The van der Waals surface area contributed by atoms with Gasteiger partial charge in [0, 0.05) is 12.3 Å². The van der Waals surface area contributed by atoms with Crippen LogP contribution in [0, 0.1) is 6.92 Å². The van der Waals surface area contributed by atoms with E-state index >= 15 is 0 Å². The summed E-state index contributed by atoms with van der Waals surface area (Å²) in [6.45, 7) is 4.33. The number of aromatic hydroxyl groups is 1. The normalized spacial score (nSPS) is 10.6. The number of hydrogen-bond acceptors (Lipinski definition) is 6. The van der Waals surface area contributed by atoms with Crippen molar-refractivity contribution in [2.24, 2.45) is 0 Å². The van der Waals surface area contributed by atoms with Gasteiger partial charge in [-0.3, -0.25) is 4.98 Å². The minimum absolute atomic E-state index is 0.0268. The van der Waals surface area contributed by atoms with Crippen molar-refractivity contribution in [2.75, 3.05) is 6.61 Å². The Bertz CT molecular complexity index is 799. The van der Waals surface area contributed by atoms with Gasteiger partial charge in [0.1, 0.15) is 17.2 Å². The van der Waals surface area contributed by atoms with Crippen LogP contribution in [-0.4, -0.2) is 26.8 Å². The smallest absolute Gasteiger partial charge is 0.262 e. The number of hydrogen-bond donors (Lipinski definition) is 1. The van der Waals surface area contributed by atoms with Crippen molar-refractivity contribution >= 4 is 0 Å². The highest BCUT2D eigenvalue weighted by molar-refractivity contribution is 5.66. The largest absolute Gasteiger partial charge is 0.507 e. The van der Waals surface area contributed by atoms with Gasteiger partial charge < -0.3 is 14.4 Å². The lowest BCUT2D eigenvalue weighted by molar-refractivity contribution is 0.337. The summed E-state index contributed by atoms with van der Waals surface area (Å²) in [5, 5.41) is 14.0. The second kappa shape index (κ2) is 5.85. The number of aromatic nitrogens is 3. The average Bonchev–Trinajstić information content (AvgIpc) is 2.97. The Morgan fingerprint density at radius 2 is 2.14 bits per heavy atom. The molecule has 1 N–H and O–H groups in total. The molecule has 0 aliphatic carbocycles. The number of phenolic OH excluding ortho intramolecular Hbond substituents is 1. The lowest BCUT2D eigenvalue weighted by Gasteiger charge is -2.04. The minimum atomic E-state index is 0.0268. The molecule has 22 heavy (non-hydrogen) atoms. The van der Waals surface area contributed by atoms with Crippen molar-refractivity contribution < 1.29 is 14.4 Å². The minimum Gasteiger partial charge on any atom is -0.507 e. The molecule has 0 aliphatic heterocycles. The molecule has 3 rings (SSSR count). The maximum Gasteiger partial charge on any atom is 0.262 e. The van der Waals surface area contributed by atoms with Crippen molar-refractivity contribution in [1.82, 2.24) is 15.1 Å². The van der Waals surface area contributed by atoms with E-state index in [0.29, 0.717) is 29.4 Å². The molecule has 0 unspecified atom stereocenters. The quantitative estimate of drug-likeness (QED) is 0.796. The van der Waals surface area contributed by atoms with Crippen LogP contribution >= 0.6 is 0 Å². The zero-order valence-electron chi connectivity index (χ0n) is 12.3. The number of aryl methyl sites for hydroxylation is 1. The molecular weight excluding hydrogens is 282 g/mol. The number of nitrogens with zero attached hydrogens (tertiary/aromatic N) is 3. The van der Waals surface area contributed by atoms with E-state index in [4.69, 9.17) is 9.26 Å². The first-order valence-corrected chi connectivity index (χ1v) is 6.91. The van der Waals surface area contributed by atoms with E-state index in [2.05, 4.69) is 15.1 Å². The third-order valence-electron chi connectivity index (χ3n) is 3.16. The van der Waals surface area contributed by atoms with E-state index < -0.39 is 0 Å². The first-order valence-electron chi connectivity index (χ1n) is 6.91. The Morgan fingerprint density at radius 1 is 1.27 bits per heavy atom. The van der Waals surface area contributed by atoms with Crippen LogP contribution in [0.15, 0.2) is 41.1 Å². The third kappa shape index (κ3) is 2.63. The number of pyridine rings is 1. The molecule has 3 aromatic rings. The molecule has 0 radical (unpaired) electrons. The van der Waals surface area contributed by atoms with Gasteiger partial charge in [0.25, 0.3) is 5.89 Å². The third-order valence-corrected chi connectivity index (χ3v) is 3.16. The maximum absolute atomic E-state index is 10.1. The van der Waals surface area contributed by atoms with E-state index in [1.54, 1.807) is 18.3 Å². The van der Waals surface area contributed by atoms with Gasteiger partial charge in [-0.2, -0.15) is 4.98 Å². The highest BCUT2D eigenvalue weighted by Crippen LogP contribution is 2.32. The predicted molar refractivity (Wildman–Crippen MR) is 80.5 cm³/mol. The molecule has 0 aliphatic rings. The van der Waals surface area contributed by atoms with Crippen LogP contribution in [0.3, 0.4) is 0 Å². The van der Waals surface area contributed by atoms with Crippen molar-refractivity contribution in [2.45, 2.75) is 13.8 Å². The molecule has 0 saturated carbocycles. The van der Waals surface area contributed by atoms with Gasteiger partial charge in [0.2, 0.25) is 5.82 Å². The fourth-order valence-corrected chi connectivity index (χ4v) is 2.10. The first kappa shape index (κ1) is 14.1. The van der Waals surface area contributed by atoms with Gasteiger partial charge in [-0.1, -0.05) is 11.2 Å². The van der Waals surface area contributed by atoms with E-state index in [1.807, 2.05) is 26.0 Å². The van der Waals surface area contributed by atoms with E-state index in [1.165, 1.54) is 6.07 Å². The fraction of sp³-hybridized carbons (Fsp3) is 0.188. The molecule has 1 aromatic carbocycles. The summed E-state index contributed by atoms with van der Waals surface area (Å²) in [5.74, 6) is 1.24. The Balaban J connectivity index is 1.96. The molecule has 6 nitrogen and oxygen atoms in total. The molecule has 6 heteroatoms. The summed E-state index contributed by atoms with van der Waals surface area (Å²) < 4.78 is 10.6. The molecule has 0 saturated heterocycles. The lowest BCUT2D eigenvalue weighted by atomic mass is 10.2. The van der Waals surface area contributed by atoms with E-state index in [-0.39, 0.29) is 11.6 Å². The zero-order chi connectivity index (χ0) is 15.5. The van der Waals surface area contributed by atoms with Gasteiger partial charge >= 0.3 is 0 Å². The zero-order valence-corrected chi connectivity index (χ0v) is 12.3.